The highest BCUT2D eigenvalue weighted by atomic mass is 32.2. The van der Waals surface area contributed by atoms with E-state index in [1.165, 1.54) is 18.2 Å². The van der Waals surface area contributed by atoms with Gasteiger partial charge < -0.3 is 5.73 Å². The van der Waals surface area contributed by atoms with Gasteiger partial charge in [-0.15, -0.1) is 0 Å². The Bertz CT molecular complexity index is 540. The molecule has 0 aliphatic carbocycles. The molecular formula is C11H13NO3S. The van der Waals surface area contributed by atoms with Crippen molar-refractivity contribution in [2.75, 3.05) is 0 Å². The molecule has 0 saturated carbocycles. The molecule has 1 aromatic rings. The minimum Gasteiger partial charge on any atom is -0.402 e. The monoisotopic (exact) mass is 239 g/mol. The van der Waals surface area contributed by atoms with Crippen LogP contribution in [-0.2, 0) is 10.1 Å². The predicted molar refractivity (Wildman–Crippen MR) is 64.2 cm³/mol. The van der Waals surface area contributed by atoms with Crippen molar-refractivity contribution in [3.05, 3.63) is 41.6 Å². The molecule has 0 atom stereocenters. The lowest BCUT2D eigenvalue weighted by Crippen LogP contribution is -2.02. The topological polar surface area (TPSA) is 80.4 Å². The number of nitrogens with two attached hydrogens (primary N) is 1. The fourth-order valence-electron chi connectivity index (χ4n) is 1.38. The zero-order chi connectivity index (χ0) is 12.3. The Kier molecular flexibility index (Phi) is 3.51. The van der Waals surface area contributed by atoms with Gasteiger partial charge in [0, 0.05) is 11.3 Å². The number of hydrogen-bond donors (Lipinski definition) is 2. The van der Waals surface area contributed by atoms with E-state index >= 15 is 0 Å². The highest BCUT2D eigenvalue weighted by molar-refractivity contribution is 7.85. The molecule has 0 unspecified atom stereocenters. The minimum atomic E-state index is -4.25. The summed E-state index contributed by atoms with van der Waals surface area (Å²) in [5, 5.41) is 0. The summed E-state index contributed by atoms with van der Waals surface area (Å²) in [6.07, 6.45) is 2.99. The lowest BCUT2D eigenvalue weighted by molar-refractivity contribution is 0.483. The third kappa shape index (κ3) is 2.71. The number of allylic oxidation sites excluding steroid dienone is 1. The first-order valence-corrected chi connectivity index (χ1v) is 5.97. The molecule has 3 N–H and O–H groups in total. The average molecular weight is 239 g/mol. The number of hydrogen-bond acceptors (Lipinski definition) is 3. The van der Waals surface area contributed by atoms with Gasteiger partial charge in [0.15, 0.2) is 0 Å². The maximum atomic E-state index is 11.1. The summed E-state index contributed by atoms with van der Waals surface area (Å²) < 4.78 is 31.2. The van der Waals surface area contributed by atoms with Crippen LogP contribution in [0.15, 0.2) is 35.4 Å². The standard InChI is InChI=1S/C11H13NO3S/c1-3-10-9(7-8(2)12)5-4-6-11(10)16(13,14)15/h3-7H,1,12H2,2H3,(H,13,14,15)/b8-7+. The molecule has 5 heteroatoms. The van der Waals surface area contributed by atoms with Crippen molar-refractivity contribution in [2.24, 2.45) is 5.73 Å². The number of rotatable bonds is 3. The molecular weight excluding hydrogens is 226 g/mol. The minimum absolute atomic E-state index is 0.169. The molecule has 0 heterocycles. The Morgan fingerprint density at radius 3 is 2.56 bits per heavy atom. The second-order valence-corrected chi connectivity index (χ2v) is 4.72. The highest BCUT2D eigenvalue weighted by Gasteiger charge is 2.15. The van der Waals surface area contributed by atoms with Crippen LogP contribution in [0.3, 0.4) is 0 Å². The smallest absolute Gasteiger partial charge is 0.295 e. The van der Waals surface area contributed by atoms with Crippen molar-refractivity contribution in [1.82, 2.24) is 0 Å². The zero-order valence-corrected chi connectivity index (χ0v) is 9.66. The summed E-state index contributed by atoms with van der Waals surface area (Å²) in [5.41, 5.74) is 7.00. The van der Waals surface area contributed by atoms with Crippen molar-refractivity contribution in [2.45, 2.75) is 11.8 Å². The van der Waals surface area contributed by atoms with E-state index in [0.29, 0.717) is 16.8 Å². The summed E-state index contributed by atoms with van der Waals surface area (Å²) in [7, 11) is -4.25. The summed E-state index contributed by atoms with van der Waals surface area (Å²) in [6.45, 7) is 5.21. The first-order chi connectivity index (χ1) is 7.36. The van der Waals surface area contributed by atoms with E-state index in [1.54, 1.807) is 19.1 Å². The molecule has 0 amide bonds. The third-order valence-electron chi connectivity index (χ3n) is 1.97. The highest BCUT2D eigenvalue weighted by Crippen LogP contribution is 2.22. The molecule has 0 saturated heterocycles. The SMILES string of the molecule is C=Cc1c(/C=C(\C)N)cccc1S(=O)(=O)O. The van der Waals surface area contributed by atoms with Gasteiger partial charge >= 0.3 is 0 Å². The molecule has 0 bridgehead atoms. The van der Waals surface area contributed by atoms with E-state index in [-0.39, 0.29) is 4.90 Å². The van der Waals surface area contributed by atoms with Crippen LogP contribution >= 0.6 is 0 Å². The van der Waals surface area contributed by atoms with Gasteiger partial charge in [-0.2, -0.15) is 8.42 Å². The molecule has 0 fully saturated rings. The van der Waals surface area contributed by atoms with Crippen molar-refractivity contribution in [3.8, 4) is 0 Å². The molecule has 4 nitrogen and oxygen atoms in total. The van der Waals surface area contributed by atoms with Gasteiger partial charge in [-0.3, -0.25) is 4.55 Å². The molecule has 0 spiro atoms. The first-order valence-electron chi connectivity index (χ1n) is 4.53. The van der Waals surface area contributed by atoms with Crippen LogP contribution in [0.25, 0.3) is 12.2 Å². The Labute approximate surface area is 94.8 Å². The molecule has 0 aliphatic heterocycles. The normalized spacial score (nSPS) is 12.5. The van der Waals surface area contributed by atoms with E-state index in [0.717, 1.165) is 0 Å². The lowest BCUT2D eigenvalue weighted by Gasteiger charge is -2.06. The van der Waals surface area contributed by atoms with Crippen LogP contribution in [0.2, 0.25) is 0 Å². The van der Waals surface area contributed by atoms with Crippen LogP contribution in [0.4, 0.5) is 0 Å². The Morgan fingerprint density at radius 1 is 1.50 bits per heavy atom. The second kappa shape index (κ2) is 4.51. The Hall–Kier alpha value is -1.59. The average Bonchev–Trinajstić information content (AvgIpc) is 2.15. The van der Waals surface area contributed by atoms with Crippen LogP contribution in [0.1, 0.15) is 18.1 Å². The summed E-state index contributed by atoms with van der Waals surface area (Å²) in [6, 6.07) is 4.54. The quantitative estimate of drug-likeness (QED) is 0.789. The second-order valence-electron chi connectivity index (χ2n) is 3.33. The third-order valence-corrected chi connectivity index (χ3v) is 2.88. The first kappa shape index (κ1) is 12.5. The van der Waals surface area contributed by atoms with Gasteiger partial charge in [-0.1, -0.05) is 24.8 Å². The van der Waals surface area contributed by atoms with E-state index in [2.05, 4.69) is 6.58 Å². The van der Waals surface area contributed by atoms with Crippen LogP contribution < -0.4 is 5.73 Å². The molecule has 0 radical (unpaired) electrons. The van der Waals surface area contributed by atoms with Gasteiger partial charge in [-0.05, 0) is 24.6 Å². The molecule has 0 aromatic heterocycles. The molecule has 16 heavy (non-hydrogen) atoms. The van der Waals surface area contributed by atoms with Crippen LogP contribution in [0, 0.1) is 0 Å². The predicted octanol–water partition coefficient (Wildman–Crippen LogP) is 1.90. The van der Waals surface area contributed by atoms with Crippen molar-refractivity contribution < 1.29 is 13.0 Å². The van der Waals surface area contributed by atoms with E-state index in [1.807, 2.05) is 0 Å². The Morgan fingerprint density at radius 2 is 2.12 bits per heavy atom. The van der Waals surface area contributed by atoms with E-state index in [4.69, 9.17) is 10.3 Å². The van der Waals surface area contributed by atoms with Gasteiger partial charge in [0.25, 0.3) is 10.1 Å². The van der Waals surface area contributed by atoms with E-state index < -0.39 is 10.1 Å². The van der Waals surface area contributed by atoms with Gasteiger partial charge in [0.1, 0.15) is 4.90 Å². The number of benzene rings is 1. The maximum Gasteiger partial charge on any atom is 0.295 e. The van der Waals surface area contributed by atoms with E-state index in [9.17, 15) is 8.42 Å². The lowest BCUT2D eigenvalue weighted by atomic mass is 10.1. The zero-order valence-electron chi connectivity index (χ0n) is 8.84. The fraction of sp³-hybridized carbons (Fsp3) is 0.0909. The van der Waals surface area contributed by atoms with Gasteiger partial charge in [0.2, 0.25) is 0 Å². The molecule has 0 aliphatic rings. The van der Waals surface area contributed by atoms with Crippen molar-refractivity contribution >= 4 is 22.3 Å². The van der Waals surface area contributed by atoms with Crippen LogP contribution in [-0.4, -0.2) is 13.0 Å². The summed E-state index contributed by atoms with van der Waals surface area (Å²) in [5.74, 6) is 0. The van der Waals surface area contributed by atoms with Crippen LogP contribution in [0.5, 0.6) is 0 Å². The van der Waals surface area contributed by atoms with Gasteiger partial charge in [0.05, 0.1) is 0 Å². The molecule has 1 aromatic carbocycles. The van der Waals surface area contributed by atoms with Crippen molar-refractivity contribution in [1.29, 1.82) is 0 Å². The van der Waals surface area contributed by atoms with Gasteiger partial charge in [-0.25, -0.2) is 0 Å². The summed E-state index contributed by atoms with van der Waals surface area (Å²) >= 11 is 0. The Balaban J connectivity index is 3.57. The fourth-order valence-corrected chi connectivity index (χ4v) is 2.11. The largest absolute Gasteiger partial charge is 0.402 e. The van der Waals surface area contributed by atoms with Crippen molar-refractivity contribution in [3.63, 3.8) is 0 Å². The summed E-state index contributed by atoms with van der Waals surface area (Å²) in [4.78, 5) is -0.169. The molecule has 86 valence electrons. The maximum absolute atomic E-state index is 11.1. The molecule has 1 rings (SSSR count).